The third kappa shape index (κ3) is 3.43. The van der Waals surface area contributed by atoms with Crippen LogP contribution in [0.1, 0.15) is 45.1 Å². The average molecular weight is 291 g/mol. The highest BCUT2D eigenvalue weighted by Gasteiger charge is 2.32. The van der Waals surface area contributed by atoms with E-state index in [0.29, 0.717) is 0 Å². The van der Waals surface area contributed by atoms with Gasteiger partial charge in [-0.25, -0.2) is 9.97 Å². The van der Waals surface area contributed by atoms with Crippen LogP contribution < -0.4 is 16.0 Å². The zero-order chi connectivity index (χ0) is 15.2. The zero-order valence-corrected chi connectivity index (χ0v) is 12.9. The smallest absolute Gasteiger partial charge is 0.240 e. The highest BCUT2D eigenvalue weighted by molar-refractivity contribution is 5.84. The monoisotopic (exact) mass is 291 g/mol. The number of nitrogens with two attached hydrogens (primary N) is 1. The molecule has 6 nitrogen and oxygen atoms in total. The number of carbonyl (C=O) groups excluding carboxylic acids is 1. The molecule has 1 aromatic rings. The first kappa shape index (κ1) is 15.5. The summed E-state index contributed by atoms with van der Waals surface area (Å²) in [5, 5.41) is 3.36. The summed E-state index contributed by atoms with van der Waals surface area (Å²) in [6.07, 6.45) is 6.30. The van der Waals surface area contributed by atoms with Gasteiger partial charge in [-0.2, -0.15) is 0 Å². The van der Waals surface area contributed by atoms with E-state index in [1.807, 2.05) is 4.90 Å². The van der Waals surface area contributed by atoms with Gasteiger partial charge in [-0.3, -0.25) is 4.79 Å². The second kappa shape index (κ2) is 7.24. The molecule has 21 heavy (non-hydrogen) atoms. The number of hydrogen-bond acceptors (Lipinski definition) is 5. The summed E-state index contributed by atoms with van der Waals surface area (Å²) in [6, 6.07) is -0.241. The first-order valence-corrected chi connectivity index (χ1v) is 7.82. The second-order valence-corrected chi connectivity index (χ2v) is 5.46. The summed E-state index contributed by atoms with van der Waals surface area (Å²) in [5.41, 5.74) is 6.63. The molecule has 0 spiro atoms. The SMILES string of the molecule is CCCNc1ncnc(N2CCCC2C(N)=O)c1CCC. The highest BCUT2D eigenvalue weighted by Crippen LogP contribution is 2.30. The van der Waals surface area contributed by atoms with Crippen LogP contribution in [-0.2, 0) is 11.2 Å². The van der Waals surface area contributed by atoms with E-state index in [1.165, 1.54) is 0 Å². The second-order valence-electron chi connectivity index (χ2n) is 5.46. The maximum absolute atomic E-state index is 11.6. The fraction of sp³-hybridized carbons (Fsp3) is 0.667. The van der Waals surface area contributed by atoms with Gasteiger partial charge in [0.1, 0.15) is 24.0 Å². The van der Waals surface area contributed by atoms with Crippen molar-refractivity contribution in [3.05, 3.63) is 11.9 Å². The van der Waals surface area contributed by atoms with E-state index in [0.717, 1.165) is 62.4 Å². The molecule has 0 aliphatic carbocycles. The van der Waals surface area contributed by atoms with E-state index in [9.17, 15) is 4.79 Å². The number of nitrogens with zero attached hydrogens (tertiary/aromatic N) is 3. The average Bonchev–Trinajstić information content (AvgIpc) is 2.96. The summed E-state index contributed by atoms with van der Waals surface area (Å²) < 4.78 is 0. The van der Waals surface area contributed by atoms with Crippen LogP contribution in [0, 0.1) is 0 Å². The van der Waals surface area contributed by atoms with Crippen LogP contribution in [-0.4, -0.2) is 35.0 Å². The van der Waals surface area contributed by atoms with Crippen molar-refractivity contribution in [2.24, 2.45) is 5.73 Å². The number of primary amides is 1. The Morgan fingerprint density at radius 3 is 2.90 bits per heavy atom. The van der Waals surface area contributed by atoms with Crippen molar-refractivity contribution in [2.75, 3.05) is 23.3 Å². The molecule has 1 atom stereocenters. The molecular formula is C15H25N5O. The van der Waals surface area contributed by atoms with Crippen LogP contribution >= 0.6 is 0 Å². The molecule has 1 aliphatic rings. The standard InChI is InChI=1S/C15H25N5O/c1-3-6-11-14(17-8-4-2)18-10-19-15(11)20-9-5-7-12(20)13(16)21/h10,12H,3-9H2,1-2H3,(H2,16,21)(H,17,18,19). The van der Waals surface area contributed by atoms with Gasteiger partial charge in [0.15, 0.2) is 0 Å². The fourth-order valence-corrected chi connectivity index (χ4v) is 2.84. The summed E-state index contributed by atoms with van der Waals surface area (Å²) in [5.74, 6) is 1.49. The minimum Gasteiger partial charge on any atom is -0.370 e. The molecule has 116 valence electrons. The van der Waals surface area contributed by atoms with Crippen molar-refractivity contribution in [1.82, 2.24) is 9.97 Å². The summed E-state index contributed by atoms with van der Waals surface area (Å²) in [7, 11) is 0. The lowest BCUT2D eigenvalue weighted by Crippen LogP contribution is -2.41. The molecule has 1 unspecified atom stereocenters. The van der Waals surface area contributed by atoms with Crippen molar-refractivity contribution >= 4 is 17.5 Å². The Bertz CT molecular complexity index is 491. The molecule has 3 N–H and O–H groups in total. The molecule has 2 rings (SSSR count). The van der Waals surface area contributed by atoms with Crippen LogP contribution in [0.25, 0.3) is 0 Å². The molecule has 1 aromatic heterocycles. The van der Waals surface area contributed by atoms with Crippen LogP contribution in [0.4, 0.5) is 11.6 Å². The Morgan fingerprint density at radius 1 is 1.43 bits per heavy atom. The predicted molar refractivity (Wildman–Crippen MR) is 84.4 cm³/mol. The number of carbonyl (C=O) groups is 1. The molecular weight excluding hydrogens is 266 g/mol. The third-order valence-electron chi connectivity index (χ3n) is 3.82. The molecule has 0 bridgehead atoms. The molecule has 6 heteroatoms. The third-order valence-corrected chi connectivity index (χ3v) is 3.82. The predicted octanol–water partition coefficient (Wildman–Crippen LogP) is 1.71. The maximum atomic E-state index is 11.6. The Balaban J connectivity index is 2.35. The van der Waals surface area contributed by atoms with Gasteiger partial charge in [-0.15, -0.1) is 0 Å². The Morgan fingerprint density at radius 2 is 2.24 bits per heavy atom. The maximum Gasteiger partial charge on any atom is 0.240 e. The largest absolute Gasteiger partial charge is 0.370 e. The lowest BCUT2D eigenvalue weighted by molar-refractivity contribution is -0.119. The molecule has 0 aromatic carbocycles. The number of rotatable bonds is 7. The molecule has 1 amide bonds. The zero-order valence-electron chi connectivity index (χ0n) is 12.9. The van der Waals surface area contributed by atoms with Crippen molar-refractivity contribution in [2.45, 2.75) is 52.0 Å². The molecule has 1 aliphatic heterocycles. The van der Waals surface area contributed by atoms with E-state index in [2.05, 4.69) is 29.1 Å². The van der Waals surface area contributed by atoms with Crippen LogP contribution in [0.3, 0.4) is 0 Å². The normalized spacial score (nSPS) is 18.0. The topological polar surface area (TPSA) is 84.1 Å². The lowest BCUT2D eigenvalue weighted by Gasteiger charge is -2.26. The number of hydrogen-bond donors (Lipinski definition) is 2. The number of anilines is 2. The quantitative estimate of drug-likeness (QED) is 0.799. The van der Waals surface area contributed by atoms with Crippen molar-refractivity contribution in [3.8, 4) is 0 Å². The summed E-state index contributed by atoms with van der Waals surface area (Å²) in [4.78, 5) is 22.5. The van der Waals surface area contributed by atoms with Gasteiger partial charge in [0.25, 0.3) is 0 Å². The first-order valence-electron chi connectivity index (χ1n) is 7.82. The molecule has 2 heterocycles. The minimum absolute atomic E-state index is 0.241. The lowest BCUT2D eigenvalue weighted by atomic mass is 10.1. The van der Waals surface area contributed by atoms with E-state index in [4.69, 9.17) is 5.73 Å². The van der Waals surface area contributed by atoms with Gasteiger partial charge in [-0.05, 0) is 25.7 Å². The van der Waals surface area contributed by atoms with Gasteiger partial charge in [-0.1, -0.05) is 20.3 Å². The van der Waals surface area contributed by atoms with Gasteiger partial charge in [0.2, 0.25) is 5.91 Å². The van der Waals surface area contributed by atoms with Crippen molar-refractivity contribution < 1.29 is 4.79 Å². The van der Waals surface area contributed by atoms with Gasteiger partial charge >= 0.3 is 0 Å². The van der Waals surface area contributed by atoms with E-state index in [-0.39, 0.29) is 11.9 Å². The molecule has 1 fully saturated rings. The first-order chi connectivity index (χ1) is 10.2. The van der Waals surface area contributed by atoms with Crippen molar-refractivity contribution in [1.29, 1.82) is 0 Å². The molecule has 1 saturated heterocycles. The van der Waals surface area contributed by atoms with Crippen LogP contribution in [0.15, 0.2) is 6.33 Å². The Kier molecular flexibility index (Phi) is 5.36. The fourth-order valence-electron chi connectivity index (χ4n) is 2.84. The Hall–Kier alpha value is -1.85. The summed E-state index contributed by atoms with van der Waals surface area (Å²) in [6.45, 7) is 5.97. The molecule has 0 saturated carbocycles. The van der Waals surface area contributed by atoms with E-state index in [1.54, 1.807) is 6.33 Å². The van der Waals surface area contributed by atoms with Crippen LogP contribution in [0.5, 0.6) is 0 Å². The van der Waals surface area contributed by atoms with E-state index < -0.39 is 0 Å². The molecule has 0 radical (unpaired) electrons. The van der Waals surface area contributed by atoms with Gasteiger partial charge in [0.05, 0.1) is 0 Å². The highest BCUT2D eigenvalue weighted by atomic mass is 16.1. The van der Waals surface area contributed by atoms with Crippen molar-refractivity contribution in [3.63, 3.8) is 0 Å². The van der Waals surface area contributed by atoms with Gasteiger partial charge < -0.3 is 16.0 Å². The van der Waals surface area contributed by atoms with Gasteiger partial charge in [0, 0.05) is 18.7 Å². The number of amides is 1. The minimum atomic E-state index is -0.267. The Labute approximate surface area is 126 Å². The van der Waals surface area contributed by atoms with Crippen LogP contribution in [0.2, 0.25) is 0 Å². The number of aromatic nitrogens is 2. The number of nitrogens with one attached hydrogen (secondary N) is 1. The van der Waals surface area contributed by atoms with E-state index >= 15 is 0 Å². The summed E-state index contributed by atoms with van der Waals surface area (Å²) >= 11 is 0.